The van der Waals surface area contributed by atoms with Crippen LogP contribution in [0.15, 0.2) is 22.7 Å². The fourth-order valence-electron chi connectivity index (χ4n) is 1.21. The smallest absolute Gasteiger partial charge is 0.0643 e. The lowest BCUT2D eigenvalue weighted by atomic mass is 10.2. The molecule has 2 rings (SSSR count). The number of fused-ring (bicyclic) bond motifs is 1. The van der Waals surface area contributed by atoms with Crippen molar-refractivity contribution in [3.63, 3.8) is 0 Å². The Balaban J connectivity index is 2.85. The predicted molar refractivity (Wildman–Crippen MR) is 67.2 cm³/mol. The summed E-state index contributed by atoms with van der Waals surface area (Å²) >= 11 is 14.9. The number of hydrogen-bond donors (Lipinski definition) is 0. The normalized spacial score (nSPS) is 11.0. The summed E-state index contributed by atoms with van der Waals surface area (Å²) in [6.45, 7) is 0. The Bertz CT molecular complexity index is 450. The molecule has 1 heterocycles. The third-order valence-electron chi connectivity index (χ3n) is 1.79. The summed E-state index contributed by atoms with van der Waals surface area (Å²) in [5.41, 5.74) is 0. The highest BCUT2D eigenvalue weighted by Crippen LogP contribution is 2.40. The van der Waals surface area contributed by atoms with E-state index in [0.717, 1.165) is 20.2 Å². The number of alkyl halides is 1. The van der Waals surface area contributed by atoms with Gasteiger partial charge in [-0.15, -0.1) is 11.3 Å². The Morgan fingerprint density at radius 1 is 1.38 bits per heavy atom. The first-order valence-corrected chi connectivity index (χ1v) is 6.76. The van der Waals surface area contributed by atoms with Gasteiger partial charge < -0.3 is 0 Å². The standard InChI is InChI=1S/C9H5Br2ClS/c10-4-7-9(12)8-5(11)2-1-3-6(8)13-7/h1-3H,4H2. The van der Waals surface area contributed by atoms with Gasteiger partial charge in [0.1, 0.15) is 0 Å². The summed E-state index contributed by atoms with van der Waals surface area (Å²) < 4.78 is 2.30. The van der Waals surface area contributed by atoms with E-state index in [9.17, 15) is 0 Å². The van der Waals surface area contributed by atoms with Crippen molar-refractivity contribution in [2.45, 2.75) is 5.33 Å². The Kier molecular flexibility index (Phi) is 2.98. The molecule has 0 N–H and O–H groups in total. The van der Waals surface area contributed by atoms with Crippen LogP contribution in [0.3, 0.4) is 0 Å². The molecule has 68 valence electrons. The van der Waals surface area contributed by atoms with Gasteiger partial charge in [0.25, 0.3) is 0 Å². The molecule has 0 amide bonds. The summed E-state index contributed by atoms with van der Waals surface area (Å²) in [6, 6.07) is 6.12. The van der Waals surface area contributed by atoms with E-state index in [2.05, 4.69) is 37.9 Å². The van der Waals surface area contributed by atoms with Crippen LogP contribution in [0.4, 0.5) is 0 Å². The lowest BCUT2D eigenvalue weighted by molar-refractivity contribution is 1.59. The Labute approximate surface area is 102 Å². The number of rotatable bonds is 1. The monoisotopic (exact) mass is 338 g/mol. The molecule has 1 aromatic heterocycles. The average Bonchev–Trinajstić information content (AvgIpc) is 2.44. The molecule has 0 aliphatic heterocycles. The third kappa shape index (κ3) is 1.67. The van der Waals surface area contributed by atoms with E-state index in [1.807, 2.05) is 12.1 Å². The molecule has 0 radical (unpaired) electrons. The van der Waals surface area contributed by atoms with Gasteiger partial charge in [0.2, 0.25) is 0 Å². The van der Waals surface area contributed by atoms with Gasteiger partial charge in [0, 0.05) is 24.8 Å². The van der Waals surface area contributed by atoms with Crippen molar-refractivity contribution in [3.05, 3.63) is 32.6 Å². The zero-order valence-electron chi connectivity index (χ0n) is 6.48. The molecule has 0 fully saturated rings. The second-order valence-corrected chi connectivity index (χ2v) is 5.52. The molecule has 0 unspecified atom stereocenters. The molecule has 0 aliphatic rings. The molecule has 4 heteroatoms. The predicted octanol–water partition coefficient (Wildman–Crippen LogP) is 5.21. The Morgan fingerprint density at radius 3 is 2.77 bits per heavy atom. The minimum Gasteiger partial charge on any atom is -0.138 e. The number of halogens is 3. The Hall–Kier alpha value is 0.430. The highest BCUT2D eigenvalue weighted by atomic mass is 79.9. The quantitative estimate of drug-likeness (QED) is 0.625. The van der Waals surface area contributed by atoms with Crippen molar-refractivity contribution < 1.29 is 0 Å². The topological polar surface area (TPSA) is 0 Å². The van der Waals surface area contributed by atoms with Gasteiger partial charge in [-0.1, -0.05) is 49.5 Å². The minimum absolute atomic E-state index is 0.817. The van der Waals surface area contributed by atoms with E-state index in [1.54, 1.807) is 11.3 Å². The van der Waals surface area contributed by atoms with Gasteiger partial charge in [-0.05, 0) is 12.1 Å². The lowest BCUT2D eigenvalue weighted by Gasteiger charge is -1.93. The lowest BCUT2D eigenvalue weighted by Crippen LogP contribution is -1.69. The molecule has 0 aliphatic carbocycles. The summed E-state index contributed by atoms with van der Waals surface area (Å²) in [5, 5.41) is 2.81. The highest BCUT2D eigenvalue weighted by Gasteiger charge is 2.10. The van der Waals surface area contributed by atoms with Crippen LogP contribution in [0.25, 0.3) is 10.1 Å². The van der Waals surface area contributed by atoms with E-state index >= 15 is 0 Å². The molecule has 0 saturated carbocycles. The van der Waals surface area contributed by atoms with Gasteiger partial charge in [-0.3, -0.25) is 0 Å². The van der Waals surface area contributed by atoms with Gasteiger partial charge in [-0.2, -0.15) is 0 Å². The van der Waals surface area contributed by atoms with E-state index < -0.39 is 0 Å². The Morgan fingerprint density at radius 2 is 2.15 bits per heavy atom. The van der Waals surface area contributed by atoms with E-state index in [1.165, 1.54) is 9.58 Å². The molecule has 0 nitrogen and oxygen atoms in total. The van der Waals surface area contributed by atoms with Gasteiger partial charge in [-0.25, -0.2) is 0 Å². The first-order chi connectivity index (χ1) is 6.24. The maximum absolute atomic E-state index is 6.21. The summed E-state index contributed by atoms with van der Waals surface area (Å²) in [7, 11) is 0. The summed E-state index contributed by atoms with van der Waals surface area (Å²) in [6.07, 6.45) is 0. The van der Waals surface area contributed by atoms with Crippen LogP contribution in [-0.2, 0) is 5.33 Å². The molecule has 0 atom stereocenters. The fraction of sp³-hybridized carbons (Fsp3) is 0.111. The van der Waals surface area contributed by atoms with Crippen molar-refractivity contribution in [2.75, 3.05) is 0 Å². The highest BCUT2D eigenvalue weighted by molar-refractivity contribution is 9.10. The number of thiophene rings is 1. The van der Waals surface area contributed by atoms with Crippen LogP contribution in [0, 0.1) is 0 Å². The molecule has 0 spiro atoms. The van der Waals surface area contributed by atoms with Gasteiger partial charge in [0.05, 0.1) is 5.02 Å². The third-order valence-corrected chi connectivity index (χ3v) is 5.07. The maximum atomic E-state index is 6.21. The molecule has 0 saturated heterocycles. The van der Waals surface area contributed by atoms with E-state index in [4.69, 9.17) is 11.6 Å². The SMILES string of the molecule is Clc1c(CBr)sc2cccc(Br)c12. The zero-order valence-corrected chi connectivity index (χ0v) is 11.2. The van der Waals surface area contributed by atoms with E-state index in [0.29, 0.717) is 0 Å². The van der Waals surface area contributed by atoms with Crippen molar-refractivity contribution in [3.8, 4) is 0 Å². The van der Waals surface area contributed by atoms with Gasteiger partial charge >= 0.3 is 0 Å². The number of hydrogen-bond acceptors (Lipinski definition) is 1. The minimum atomic E-state index is 0.817. The first kappa shape index (κ1) is 9.97. The van der Waals surface area contributed by atoms with Crippen LogP contribution in [0.1, 0.15) is 4.88 Å². The molecule has 0 bridgehead atoms. The zero-order chi connectivity index (χ0) is 9.42. The van der Waals surface area contributed by atoms with Crippen LogP contribution in [0.2, 0.25) is 5.02 Å². The van der Waals surface area contributed by atoms with Crippen molar-refractivity contribution in [2.24, 2.45) is 0 Å². The second-order valence-electron chi connectivity index (χ2n) is 2.59. The van der Waals surface area contributed by atoms with Crippen LogP contribution in [0.5, 0.6) is 0 Å². The van der Waals surface area contributed by atoms with Crippen molar-refractivity contribution in [1.82, 2.24) is 0 Å². The van der Waals surface area contributed by atoms with Crippen LogP contribution >= 0.6 is 54.8 Å². The summed E-state index contributed by atoms with van der Waals surface area (Å²) in [5.74, 6) is 0. The molecule has 1 aromatic carbocycles. The maximum Gasteiger partial charge on any atom is 0.0643 e. The average molecular weight is 340 g/mol. The molecular weight excluding hydrogens is 335 g/mol. The van der Waals surface area contributed by atoms with Crippen LogP contribution in [-0.4, -0.2) is 0 Å². The number of benzene rings is 1. The fourth-order valence-corrected chi connectivity index (χ4v) is 4.21. The molecule has 2 aromatic rings. The van der Waals surface area contributed by atoms with Crippen molar-refractivity contribution >= 4 is 64.9 Å². The molecule has 13 heavy (non-hydrogen) atoms. The second kappa shape index (κ2) is 3.89. The van der Waals surface area contributed by atoms with Gasteiger partial charge in [0.15, 0.2) is 0 Å². The summed E-state index contributed by atoms with van der Waals surface area (Å²) in [4.78, 5) is 1.18. The first-order valence-electron chi connectivity index (χ1n) is 3.65. The largest absolute Gasteiger partial charge is 0.138 e. The molecular formula is C9H5Br2ClS. The van der Waals surface area contributed by atoms with Crippen LogP contribution < -0.4 is 0 Å². The van der Waals surface area contributed by atoms with Crippen molar-refractivity contribution in [1.29, 1.82) is 0 Å². The van der Waals surface area contributed by atoms with E-state index in [-0.39, 0.29) is 0 Å².